The Morgan fingerprint density at radius 3 is 2.16 bits per heavy atom. The van der Waals surface area contributed by atoms with Crippen LogP contribution in [0.1, 0.15) is 39.0 Å². The Kier molecular flexibility index (Phi) is 6.81. The van der Waals surface area contributed by atoms with Crippen LogP contribution in [-0.2, 0) is 0 Å². The number of carbonyl (C=O) groups is 2. The van der Waals surface area contributed by atoms with Crippen molar-refractivity contribution in [2.24, 2.45) is 0 Å². The number of nitrogens with one attached hydrogen (secondary N) is 2. The first-order valence-corrected chi connectivity index (χ1v) is 9.97. The molecular weight excluding hydrogens is 420 g/mol. The van der Waals surface area contributed by atoms with Crippen molar-refractivity contribution in [2.75, 3.05) is 13.7 Å². The van der Waals surface area contributed by atoms with Gasteiger partial charge in [0.05, 0.1) is 35.8 Å². The molecule has 0 aliphatic rings. The number of aromatic nitrogens is 2. The molecule has 2 amide bonds. The normalized spacial score (nSPS) is 10.5. The average molecular weight is 443 g/mol. The lowest BCUT2D eigenvalue weighted by atomic mass is 10.2. The van der Waals surface area contributed by atoms with Gasteiger partial charge in [0.25, 0.3) is 11.8 Å². The van der Waals surface area contributed by atoms with Gasteiger partial charge in [-0.3, -0.25) is 20.4 Å². The molecule has 0 aliphatic heterocycles. The number of nitrogens with zero attached hydrogens (tertiary/aromatic N) is 2. The Bertz CT molecular complexity index is 1110. The molecule has 8 nitrogen and oxygen atoms in total. The third kappa shape index (κ3) is 4.80. The van der Waals surface area contributed by atoms with Crippen LogP contribution < -0.4 is 20.3 Å². The zero-order valence-corrected chi connectivity index (χ0v) is 18.4. The molecule has 0 spiro atoms. The van der Waals surface area contributed by atoms with Crippen LogP contribution >= 0.6 is 11.6 Å². The molecule has 0 unspecified atom stereocenters. The smallest absolute Gasteiger partial charge is 0.269 e. The minimum atomic E-state index is -0.483. The summed E-state index contributed by atoms with van der Waals surface area (Å²) in [5.41, 5.74) is 7.81. The minimum absolute atomic E-state index is 0.317. The number of benzene rings is 2. The van der Waals surface area contributed by atoms with E-state index in [0.29, 0.717) is 34.3 Å². The molecule has 0 radical (unpaired) electrons. The summed E-state index contributed by atoms with van der Waals surface area (Å²) >= 11 is 6.19. The number of rotatable bonds is 6. The summed E-state index contributed by atoms with van der Waals surface area (Å²) in [6.45, 7) is 6.03. The van der Waals surface area contributed by atoms with Crippen LogP contribution in [-0.4, -0.2) is 35.3 Å². The molecule has 9 heteroatoms. The quantitative estimate of drug-likeness (QED) is 0.568. The van der Waals surface area contributed by atoms with E-state index in [1.54, 1.807) is 47.1 Å². The fraction of sp³-hybridized carbons (Fsp3) is 0.227. The van der Waals surface area contributed by atoms with Gasteiger partial charge in [0, 0.05) is 11.1 Å². The number of hydrazine groups is 1. The summed E-state index contributed by atoms with van der Waals surface area (Å²) < 4.78 is 12.4. The summed E-state index contributed by atoms with van der Waals surface area (Å²) in [4.78, 5) is 24.8. The molecular formula is C22H23ClN4O4. The topological polar surface area (TPSA) is 94.5 Å². The first kappa shape index (κ1) is 22.2. The van der Waals surface area contributed by atoms with Crippen LogP contribution in [0.5, 0.6) is 11.5 Å². The highest BCUT2D eigenvalue weighted by Gasteiger charge is 2.14. The minimum Gasteiger partial charge on any atom is -0.493 e. The van der Waals surface area contributed by atoms with Crippen molar-refractivity contribution < 1.29 is 19.1 Å². The number of hydrogen-bond acceptors (Lipinski definition) is 5. The molecule has 0 atom stereocenters. The van der Waals surface area contributed by atoms with Gasteiger partial charge in [-0.1, -0.05) is 11.6 Å². The van der Waals surface area contributed by atoms with E-state index < -0.39 is 11.8 Å². The molecule has 0 saturated carbocycles. The van der Waals surface area contributed by atoms with Crippen LogP contribution in [0.4, 0.5) is 0 Å². The summed E-state index contributed by atoms with van der Waals surface area (Å²) in [6.07, 6.45) is 0. The number of ether oxygens (including phenoxy) is 2. The second-order valence-corrected chi connectivity index (χ2v) is 7.03. The molecule has 0 aliphatic carbocycles. The molecule has 0 bridgehead atoms. The lowest BCUT2D eigenvalue weighted by Gasteiger charge is -2.12. The van der Waals surface area contributed by atoms with Gasteiger partial charge in [-0.25, -0.2) is 4.68 Å². The Morgan fingerprint density at radius 1 is 1.00 bits per heavy atom. The molecule has 2 aromatic carbocycles. The van der Waals surface area contributed by atoms with Gasteiger partial charge in [0.2, 0.25) is 0 Å². The van der Waals surface area contributed by atoms with E-state index in [1.807, 2.05) is 20.8 Å². The van der Waals surface area contributed by atoms with Gasteiger partial charge in [-0.15, -0.1) is 0 Å². The van der Waals surface area contributed by atoms with Gasteiger partial charge in [0.1, 0.15) is 0 Å². The highest BCUT2D eigenvalue weighted by atomic mass is 35.5. The average Bonchev–Trinajstić information content (AvgIpc) is 3.05. The Hall–Kier alpha value is -3.52. The van der Waals surface area contributed by atoms with E-state index >= 15 is 0 Å². The maximum atomic E-state index is 12.4. The fourth-order valence-corrected chi connectivity index (χ4v) is 3.09. The molecule has 1 heterocycles. The predicted molar refractivity (Wildman–Crippen MR) is 117 cm³/mol. The number of aryl methyl sites for hydroxylation is 1. The standard InChI is InChI=1S/C22H23ClN4O4/c1-5-31-18-11-8-16(12-19(18)30-4)22(29)25-24-21(28)15-6-9-17(10-7-15)27-14(3)20(23)13(2)26-27/h6-12H,5H2,1-4H3,(H,24,28)(H,25,29). The van der Waals surface area contributed by atoms with E-state index in [4.69, 9.17) is 21.1 Å². The molecule has 2 N–H and O–H groups in total. The Balaban J connectivity index is 1.65. The summed E-state index contributed by atoms with van der Waals surface area (Å²) in [6, 6.07) is 11.6. The van der Waals surface area contributed by atoms with Gasteiger partial charge >= 0.3 is 0 Å². The van der Waals surface area contributed by atoms with Gasteiger partial charge < -0.3 is 9.47 Å². The van der Waals surface area contributed by atoms with E-state index in [2.05, 4.69) is 16.0 Å². The number of amides is 2. The molecule has 162 valence electrons. The van der Waals surface area contributed by atoms with E-state index in [9.17, 15) is 9.59 Å². The number of methoxy groups -OCH3 is 1. The SMILES string of the molecule is CCOc1ccc(C(=O)NNC(=O)c2ccc(-n3nc(C)c(Cl)c3C)cc2)cc1OC. The Morgan fingerprint density at radius 2 is 1.61 bits per heavy atom. The third-order valence-electron chi connectivity index (χ3n) is 4.59. The first-order valence-electron chi connectivity index (χ1n) is 9.59. The second-order valence-electron chi connectivity index (χ2n) is 6.65. The summed E-state index contributed by atoms with van der Waals surface area (Å²) in [5.74, 6) is 0.0306. The molecule has 0 fully saturated rings. The highest BCUT2D eigenvalue weighted by Crippen LogP contribution is 2.28. The van der Waals surface area contributed by atoms with Crippen molar-refractivity contribution in [3.8, 4) is 17.2 Å². The van der Waals surface area contributed by atoms with Gasteiger partial charge in [-0.05, 0) is 63.2 Å². The summed E-state index contributed by atoms with van der Waals surface area (Å²) in [5, 5.41) is 4.99. The van der Waals surface area contributed by atoms with Crippen molar-refractivity contribution in [1.29, 1.82) is 0 Å². The highest BCUT2D eigenvalue weighted by molar-refractivity contribution is 6.31. The van der Waals surface area contributed by atoms with Crippen LogP contribution in [0, 0.1) is 13.8 Å². The fourth-order valence-electron chi connectivity index (χ4n) is 2.97. The second kappa shape index (κ2) is 9.53. The monoisotopic (exact) mass is 442 g/mol. The van der Waals surface area contributed by atoms with Crippen LogP contribution in [0.2, 0.25) is 5.02 Å². The largest absolute Gasteiger partial charge is 0.493 e. The van der Waals surface area contributed by atoms with Crippen LogP contribution in [0.25, 0.3) is 5.69 Å². The van der Waals surface area contributed by atoms with Crippen molar-refractivity contribution in [1.82, 2.24) is 20.6 Å². The molecule has 3 rings (SSSR count). The number of hydrogen-bond donors (Lipinski definition) is 2. The van der Waals surface area contributed by atoms with Gasteiger partial charge in [0.15, 0.2) is 11.5 Å². The maximum absolute atomic E-state index is 12.4. The third-order valence-corrected chi connectivity index (χ3v) is 5.14. The Labute approximate surface area is 185 Å². The number of carbonyl (C=O) groups excluding carboxylic acids is 2. The zero-order chi connectivity index (χ0) is 22.5. The predicted octanol–water partition coefficient (Wildman–Crippen LogP) is 3.62. The van der Waals surface area contributed by atoms with Crippen molar-refractivity contribution in [3.05, 3.63) is 70.0 Å². The van der Waals surface area contributed by atoms with E-state index in [1.165, 1.54) is 7.11 Å². The molecule has 31 heavy (non-hydrogen) atoms. The summed E-state index contributed by atoms with van der Waals surface area (Å²) in [7, 11) is 1.49. The van der Waals surface area contributed by atoms with Crippen molar-refractivity contribution in [3.63, 3.8) is 0 Å². The van der Waals surface area contributed by atoms with Gasteiger partial charge in [-0.2, -0.15) is 5.10 Å². The van der Waals surface area contributed by atoms with Crippen LogP contribution in [0.15, 0.2) is 42.5 Å². The maximum Gasteiger partial charge on any atom is 0.269 e. The van der Waals surface area contributed by atoms with Crippen molar-refractivity contribution >= 4 is 23.4 Å². The van der Waals surface area contributed by atoms with E-state index in [-0.39, 0.29) is 0 Å². The first-order chi connectivity index (χ1) is 14.8. The molecule has 1 aromatic heterocycles. The van der Waals surface area contributed by atoms with Crippen molar-refractivity contribution in [2.45, 2.75) is 20.8 Å². The lowest BCUT2D eigenvalue weighted by molar-refractivity contribution is 0.0846. The number of halogens is 1. The molecule has 0 saturated heterocycles. The van der Waals surface area contributed by atoms with E-state index in [0.717, 1.165) is 17.1 Å². The zero-order valence-electron chi connectivity index (χ0n) is 17.7. The van der Waals surface area contributed by atoms with Crippen LogP contribution in [0.3, 0.4) is 0 Å². The molecule has 3 aromatic rings. The lowest BCUT2D eigenvalue weighted by Crippen LogP contribution is -2.41.